The van der Waals surface area contributed by atoms with Crippen LogP contribution in [0.1, 0.15) is 55.7 Å². The molecule has 1 heterocycles. The second kappa shape index (κ2) is 7.65. The van der Waals surface area contributed by atoms with Crippen molar-refractivity contribution in [2.75, 3.05) is 18.0 Å². The number of aryl methyl sites for hydroxylation is 1. The van der Waals surface area contributed by atoms with Crippen LogP contribution < -0.4 is 4.90 Å². The largest absolute Gasteiger partial charge is 0.371 e. The Kier molecular flexibility index (Phi) is 5.34. The SMILES string of the molecule is CCC(C)c1ccc(N=Cc2ccc(N3CCCC3)c(C)c2)cc1. The van der Waals surface area contributed by atoms with E-state index >= 15 is 0 Å². The molecule has 0 aromatic heterocycles. The Morgan fingerprint density at radius 1 is 1.08 bits per heavy atom. The summed E-state index contributed by atoms with van der Waals surface area (Å²) in [6.45, 7) is 9.08. The molecule has 24 heavy (non-hydrogen) atoms. The molecular formula is C22H28N2. The zero-order valence-electron chi connectivity index (χ0n) is 15.1. The fourth-order valence-electron chi connectivity index (χ4n) is 3.35. The summed E-state index contributed by atoms with van der Waals surface area (Å²) in [7, 11) is 0. The molecule has 126 valence electrons. The van der Waals surface area contributed by atoms with Gasteiger partial charge in [0, 0.05) is 25.0 Å². The second-order valence-corrected chi connectivity index (χ2v) is 6.90. The third-order valence-corrected chi connectivity index (χ3v) is 5.10. The zero-order chi connectivity index (χ0) is 16.9. The lowest BCUT2D eigenvalue weighted by Crippen LogP contribution is -2.18. The van der Waals surface area contributed by atoms with Gasteiger partial charge in [0.2, 0.25) is 0 Å². The maximum Gasteiger partial charge on any atom is 0.0630 e. The Hall–Kier alpha value is -2.09. The Balaban J connectivity index is 1.71. The molecule has 0 spiro atoms. The van der Waals surface area contributed by atoms with Crippen LogP contribution in [0.25, 0.3) is 0 Å². The first-order chi connectivity index (χ1) is 11.7. The third-order valence-electron chi connectivity index (χ3n) is 5.10. The van der Waals surface area contributed by atoms with Gasteiger partial charge in [0.15, 0.2) is 0 Å². The van der Waals surface area contributed by atoms with Crippen molar-refractivity contribution in [3.05, 3.63) is 59.2 Å². The van der Waals surface area contributed by atoms with E-state index in [1.807, 2.05) is 6.21 Å². The first-order valence-electron chi connectivity index (χ1n) is 9.17. The van der Waals surface area contributed by atoms with Gasteiger partial charge in [-0.3, -0.25) is 4.99 Å². The molecule has 2 aromatic carbocycles. The van der Waals surface area contributed by atoms with Gasteiger partial charge < -0.3 is 4.90 Å². The topological polar surface area (TPSA) is 15.6 Å². The van der Waals surface area contributed by atoms with E-state index in [0.717, 1.165) is 5.69 Å². The Morgan fingerprint density at radius 3 is 2.42 bits per heavy atom. The molecule has 0 saturated carbocycles. The van der Waals surface area contributed by atoms with Crippen LogP contribution in [0.2, 0.25) is 0 Å². The molecule has 1 unspecified atom stereocenters. The van der Waals surface area contributed by atoms with Gasteiger partial charge in [0.1, 0.15) is 0 Å². The van der Waals surface area contributed by atoms with E-state index in [9.17, 15) is 0 Å². The number of rotatable bonds is 5. The number of hydrogen-bond donors (Lipinski definition) is 0. The summed E-state index contributed by atoms with van der Waals surface area (Å²) in [5, 5.41) is 0. The second-order valence-electron chi connectivity index (χ2n) is 6.90. The van der Waals surface area contributed by atoms with Crippen LogP contribution in [0, 0.1) is 6.92 Å². The summed E-state index contributed by atoms with van der Waals surface area (Å²) >= 11 is 0. The van der Waals surface area contributed by atoms with Gasteiger partial charge in [-0.05, 0) is 73.1 Å². The molecule has 0 N–H and O–H groups in total. The van der Waals surface area contributed by atoms with Crippen LogP contribution in [-0.4, -0.2) is 19.3 Å². The lowest BCUT2D eigenvalue weighted by molar-refractivity contribution is 0.734. The Bertz CT molecular complexity index is 694. The first-order valence-corrected chi connectivity index (χ1v) is 9.17. The van der Waals surface area contributed by atoms with Crippen LogP contribution in [-0.2, 0) is 0 Å². The van der Waals surface area contributed by atoms with E-state index in [0.29, 0.717) is 5.92 Å². The van der Waals surface area contributed by atoms with E-state index in [1.54, 1.807) is 0 Å². The van der Waals surface area contributed by atoms with E-state index in [2.05, 4.69) is 73.1 Å². The minimum Gasteiger partial charge on any atom is -0.371 e. The minimum absolute atomic E-state index is 0.615. The van der Waals surface area contributed by atoms with Gasteiger partial charge in [-0.15, -0.1) is 0 Å². The van der Waals surface area contributed by atoms with E-state index in [-0.39, 0.29) is 0 Å². The van der Waals surface area contributed by atoms with Gasteiger partial charge in [-0.1, -0.05) is 32.0 Å². The molecule has 1 fully saturated rings. The smallest absolute Gasteiger partial charge is 0.0630 e. The molecule has 3 rings (SSSR count). The fraction of sp³-hybridized carbons (Fsp3) is 0.409. The summed E-state index contributed by atoms with van der Waals surface area (Å²) < 4.78 is 0. The lowest BCUT2D eigenvalue weighted by Gasteiger charge is -2.20. The number of nitrogens with zero attached hydrogens (tertiary/aromatic N) is 2. The molecule has 2 aromatic rings. The summed E-state index contributed by atoms with van der Waals surface area (Å²) in [5.41, 5.74) is 6.29. The van der Waals surface area contributed by atoms with E-state index in [1.165, 1.54) is 54.7 Å². The highest BCUT2D eigenvalue weighted by molar-refractivity contribution is 5.83. The monoisotopic (exact) mass is 320 g/mol. The highest BCUT2D eigenvalue weighted by Gasteiger charge is 2.13. The molecule has 1 aliphatic heterocycles. The van der Waals surface area contributed by atoms with Gasteiger partial charge in [0.05, 0.1) is 5.69 Å². The molecule has 0 aliphatic carbocycles. The number of benzene rings is 2. The average molecular weight is 320 g/mol. The molecule has 1 saturated heterocycles. The minimum atomic E-state index is 0.615. The predicted molar refractivity (Wildman–Crippen MR) is 105 cm³/mol. The summed E-state index contributed by atoms with van der Waals surface area (Å²) in [4.78, 5) is 7.12. The molecule has 2 heteroatoms. The standard InChI is InChI=1S/C22H28N2/c1-4-17(2)20-8-10-21(11-9-20)23-16-19-7-12-22(18(3)15-19)24-13-5-6-14-24/h7-12,15-17H,4-6,13-14H2,1-3H3. The van der Waals surface area contributed by atoms with Crippen LogP contribution in [0.4, 0.5) is 11.4 Å². The van der Waals surface area contributed by atoms with Crippen molar-refractivity contribution < 1.29 is 0 Å². The van der Waals surface area contributed by atoms with Crippen molar-refractivity contribution in [2.45, 2.75) is 46.0 Å². The average Bonchev–Trinajstić information content (AvgIpc) is 3.14. The maximum atomic E-state index is 4.63. The van der Waals surface area contributed by atoms with Gasteiger partial charge in [-0.2, -0.15) is 0 Å². The summed E-state index contributed by atoms with van der Waals surface area (Å²) in [6.07, 6.45) is 5.77. The van der Waals surface area contributed by atoms with Crippen molar-refractivity contribution >= 4 is 17.6 Å². The summed E-state index contributed by atoms with van der Waals surface area (Å²) in [6, 6.07) is 15.3. The first kappa shape index (κ1) is 16.8. The highest BCUT2D eigenvalue weighted by atomic mass is 15.1. The van der Waals surface area contributed by atoms with Crippen molar-refractivity contribution in [1.29, 1.82) is 0 Å². The lowest BCUT2D eigenvalue weighted by atomic mass is 9.99. The zero-order valence-corrected chi connectivity index (χ0v) is 15.1. The summed E-state index contributed by atoms with van der Waals surface area (Å²) in [5.74, 6) is 0.615. The van der Waals surface area contributed by atoms with E-state index in [4.69, 9.17) is 0 Å². The van der Waals surface area contributed by atoms with Crippen molar-refractivity contribution in [3.63, 3.8) is 0 Å². The number of anilines is 1. The molecular weight excluding hydrogens is 292 g/mol. The highest BCUT2D eigenvalue weighted by Crippen LogP contribution is 2.25. The Labute approximate surface area is 146 Å². The van der Waals surface area contributed by atoms with Gasteiger partial charge >= 0.3 is 0 Å². The van der Waals surface area contributed by atoms with Gasteiger partial charge in [0.25, 0.3) is 0 Å². The van der Waals surface area contributed by atoms with E-state index < -0.39 is 0 Å². The Morgan fingerprint density at radius 2 is 1.79 bits per heavy atom. The number of hydrogen-bond acceptors (Lipinski definition) is 2. The maximum absolute atomic E-state index is 4.63. The van der Waals surface area contributed by atoms with Crippen molar-refractivity contribution in [2.24, 2.45) is 4.99 Å². The number of aliphatic imine (C=N–C) groups is 1. The van der Waals surface area contributed by atoms with Crippen LogP contribution in [0.15, 0.2) is 47.5 Å². The fourth-order valence-corrected chi connectivity index (χ4v) is 3.35. The van der Waals surface area contributed by atoms with Crippen molar-refractivity contribution in [1.82, 2.24) is 0 Å². The molecule has 0 radical (unpaired) electrons. The molecule has 2 nitrogen and oxygen atoms in total. The van der Waals surface area contributed by atoms with Crippen LogP contribution >= 0.6 is 0 Å². The quantitative estimate of drug-likeness (QED) is 0.630. The van der Waals surface area contributed by atoms with Crippen LogP contribution in [0.3, 0.4) is 0 Å². The third kappa shape index (κ3) is 3.87. The molecule has 0 amide bonds. The van der Waals surface area contributed by atoms with Crippen molar-refractivity contribution in [3.8, 4) is 0 Å². The normalized spacial score (nSPS) is 16.0. The van der Waals surface area contributed by atoms with Crippen LogP contribution in [0.5, 0.6) is 0 Å². The molecule has 1 atom stereocenters. The molecule has 1 aliphatic rings. The predicted octanol–water partition coefficient (Wildman–Crippen LogP) is 5.86. The molecule has 0 bridgehead atoms. The van der Waals surface area contributed by atoms with Gasteiger partial charge in [-0.25, -0.2) is 0 Å².